The van der Waals surface area contributed by atoms with Crippen molar-refractivity contribution in [3.63, 3.8) is 0 Å². The molecule has 0 atom stereocenters. The van der Waals surface area contributed by atoms with Crippen molar-refractivity contribution in [1.29, 1.82) is 0 Å². The van der Waals surface area contributed by atoms with Crippen molar-refractivity contribution < 1.29 is 22.7 Å². The summed E-state index contributed by atoms with van der Waals surface area (Å²) in [6.45, 7) is 6.60. The molecule has 0 bridgehead atoms. The van der Waals surface area contributed by atoms with Gasteiger partial charge in [-0.05, 0) is 31.0 Å². The molecular formula is C35H40N4O5S. The number of piperazine rings is 1. The lowest BCUT2D eigenvalue weighted by Crippen LogP contribution is -2.49. The zero-order chi connectivity index (χ0) is 32.0. The molecule has 5 rings (SSSR count). The summed E-state index contributed by atoms with van der Waals surface area (Å²) in [5, 5.41) is 0.788. The minimum atomic E-state index is -3.61. The second-order valence-corrected chi connectivity index (χ2v) is 13.3. The number of rotatable bonds is 11. The zero-order valence-electron chi connectivity index (χ0n) is 26.1. The average molecular weight is 629 g/mol. The normalized spacial score (nSPS) is 14.4. The number of fused-ring (bicyclic) bond motifs is 1. The van der Waals surface area contributed by atoms with Gasteiger partial charge in [0.1, 0.15) is 0 Å². The van der Waals surface area contributed by atoms with Gasteiger partial charge in [-0.2, -0.15) is 4.31 Å². The molecule has 1 saturated heterocycles. The van der Waals surface area contributed by atoms with E-state index in [9.17, 15) is 18.0 Å². The van der Waals surface area contributed by atoms with Crippen molar-refractivity contribution in [3.05, 3.63) is 95.6 Å². The molecule has 45 heavy (non-hydrogen) atoms. The number of para-hydroxylation sites is 2. The number of nitrogens with zero attached hydrogens (tertiary/aromatic N) is 4. The second kappa shape index (κ2) is 14.3. The number of hydrogen-bond acceptors (Lipinski definition) is 7. The van der Waals surface area contributed by atoms with Gasteiger partial charge in [0.2, 0.25) is 10.0 Å². The van der Waals surface area contributed by atoms with Crippen molar-refractivity contribution in [1.82, 2.24) is 14.2 Å². The van der Waals surface area contributed by atoms with Gasteiger partial charge in [-0.1, -0.05) is 73.7 Å². The van der Waals surface area contributed by atoms with E-state index in [1.807, 2.05) is 90.7 Å². The van der Waals surface area contributed by atoms with Gasteiger partial charge in [0.25, 0.3) is 5.91 Å². The van der Waals surface area contributed by atoms with Crippen molar-refractivity contribution in [3.8, 4) is 11.3 Å². The van der Waals surface area contributed by atoms with E-state index in [-0.39, 0.29) is 18.1 Å². The second-order valence-electron chi connectivity index (χ2n) is 11.3. The van der Waals surface area contributed by atoms with Crippen LogP contribution in [-0.2, 0) is 26.1 Å². The number of hydrogen-bond donors (Lipinski definition) is 0. The molecule has 0 saturated carbocycles. The first-order valence-electron chi connectivity index (χ1n) is 15.3. The Morgan fingerprint density at radius 3 is 2.27 bits per heavy atom. The highest BCUT2D eigenvalue weighted by molar-refractivity contribution is 7.89. The van der Waals surface area contributed by atoms with Crippen LogP contribution in [0.3, 0.4) is 0 Å². The Kier molecular flexibility index (Phi) is 10.3. The van der Waals surface area contributed by atoms with Gasteiger partial charge in [0.15, 0.2) is 0 Å². The van der Waals surface area contributed by atoms with Crippen LogP contribution in [0.1, 0.15) is 41.3 Å². The smallest absolute Gasteiger partial charge is 0.306 e. The predicted molar refractivity (Wildman–Crippen MR) is 178 cm³/mol. The SMILES string of the molecule is CCCN(C(=O)c1c(CN2CCN(S(=O)(=O)CCC(=O)OC)CC2)c(-c2ccccc2)nc2ccccc12)c1ccccc1C. The fourth-order valence-corrected chi connectivity index (χ4v) is 7.28. The highest BCUT2D eigenvalue weighted by atomic mass is 32.2. The van der Waals surface area contributed by atoms with Crippen molar-refractivity contribution in [2.75, 3.05) is 50.5 Å². The molecule has 0 N–H and O–H groups in total. The molecule has 0 unspecified atom stereocenters. The van der Waals surface area contributed by atoms with Gasteiger partial charge in [-0.3, -0.25) is 14.5 Å². The lowest BCUT2D eigenvalue weighted by Gasteiger charge is -2.35. The minimum Gasteiger partial charge on any atom is -0.469 e. The number of benzene rings is 3. The Morgan fingerprint density at radius 2 is 1.58 bits per heavy atom. The number of anilines is 1. The molecule has 3 aromatic carbocycles. The van der Waals surface area contributed by atoms with Gasteiger partial charge >= 0.3 is 5.97 Å². The van der Waals surface area contributed by atoms with Gasteiger partial charge in [-0.15, -0.1) is 0 Å². The third kappa shape index (κ3) is 7.24. The topological polar surface area (TPSA) is 100 Å². The molecule has 0 aliphatic carbocycles. The lowest BCUT2D eigenvalue weighted by molar-refractivity contribution is -0.140. The first-order valence-corrected chi connectivity index (χ1v) is 17.0. The van der Waals surface area contributed by atoms with Crippen LogP contribution in [-0.4, -0.2) is 80.1 Å². The van der Waals surface area contributed by atoms with E-state index in [2.05, 4.69) is 16.6 Å². The maximum atomic E-state index is 14.8. The zero-order valence-corrected chi connectivity index (χ0v) is 26.9. The molecule has 10 heteroatoms. The van der Waals surface area contributed by atoms with Crippen LogP contribution in [0.5, 0.6) is 0 Å². The summed E-state index contributed by atoms with van der Waals surface area (Å²) in [5.74, 6) is -0.910. The first-order chi connectivity index (χ1) is 21.7. The van der Waals surface area contributed by atoms with Crippen molar-refractivity contribution >= 4 is 38.5 Å². The van der Waals surface area contributed by atoms with E-state index in [1.54, 1.807) is 0 Å². The predicted octanol–water partition coefficient (Wildman–Crippen LogP) is 5.28. The molecule has 2 heterocycles. The highest BCUT2D eigenvalue weighted by Gasteiger charge is 2.31. The van der Waals surface area contributed by atoms with E-state index in [0.29, 0.717) is 44.8 Å². The standard InChI is InChI=1S/C35H40N4O5S/c1-4-19-39(31-17-11-8-12-26(31)2)35(41)33-28-15-9-10-16-30(28)36-34(27-13-6-5-7-14-27)29(33)25-37-20-22-38(23-21-37)45(42,43)24-18-32(40)44-3/h5-17H,4,18-25H2,1-3H3. The number of aryl methyl sites for hydroxylation is 1. The monoisotopic (exact) mass is 628 g/mol. The molecule has 1 aliphatic heterocycles. The number of esters is 1. The summed E-state index contributed by atoms with van der Waals surface area (Å²) in [5.41, 5.74) is 5.73. The number of aromatic nitrogens is 1. The summed E-state index contributed by atoms with van der Waals surface area (Å²) < 4.78 is 31.9. The third-order valence-electron chi connectivity index (χ3n) is 8.25. The number of pyridine rings is 1. The molecular weight excluding hydrogens is 588 g/mol. The van der Waals surface area contributed by atoms with Crippen LogP contribution in [0.2, 0.25) is 0 Å². The number of carbonyl (C=O) groups excluding carboxylic acids is 2. The molecule has 9 nitrogen and oxygen atoms in total. The van der Waals surface area contributed by atoms with Crippen LogP contribution in [0.4, 0.5) is 5.69 Å². The minimum absolute atomic E-state index is 0.0824. The van der Waals surface area contributed by atoms with E-state index in [4.69, 9.17) is 4.98 Å². The molecule has 0 radical (unpaired) electrons. The summed E-state index contributed by atoms with van der Waals surface area (Å²) in [6, 6.07) is 25.6. The summed E-state index contributed by atoms with van der Waals surface area (Å²) in [6.07, 6.45) is 0.610. The Labute approximate surface area is 265 Å². The van der Waals surface area contributed by atoms with E-state index < -0.39 is 16.0 Å². The van der Waals surface area contributed by atoms with E-state index in [0.717, 1.165) is 45.4 Å². The molecule has 1 fully saturated rings. The first kappa shape index (κ1) is 32.3. The van der Waals surface area contributed by atoms with Crippen LogP contribution in [0.25, 0.3) is 22.2 Å². The highest BCUT2D eigenvalue weighted by Crippen LogP contribution is 2.34. The Bertz CT molecular complexity index is 1770. The molecule has 4 aromatic rings. The van der Waals surface area contributed by atoms with Crippen LogP contribution in [0, 0.1) is 6.92 Å². The van der Waals surface area contributed by atoms with Gasteiger partial charge < -0.3 is 9.64 Å². The summed E-state index contributed by atoms with van der Waals surface area (Å²) in [7, 11) is -2.36. The van der Waals surface area contributed by atoms with Crippen LogP contribution >= 0.6 is 0 Å². The van der Waals surface area contributed by atoms with Crippen molar-refractivity contribution in [2.24, 2.45) is 0 Å². The summed E-state index contributed by atoms with van der Waals surface area (Å²) in [4.78, 5) is 35.6. The molecule has 1 aromatic heterocycles. The maximum Gasteiger partial charge on any atom is 0.306 e. The fraction of sp³-hybridized carbons (Fsp3) is 0.343. The number of ether oxygens (including phenoxy) is 1. The van der Waals surface area contributed by atoms with E-state index in [1.165, 1.54) is 11.4 Å². The molecule has 1 aliphatic rings. The maximum absolute atomic E-state index is 14.8. The van der Waals surface area contributed by atoms with E-state index >= 15 is 0 Å². The van der Waals surface area contributed by atoms with Gasteiger partial charge in [-0.25, -0.2) is 13.4 Å². The Morgan fingerprint density at radius 1 is 0.911 bits per heavy atom. The molecule has 236 valence electrons. The largest absolute Gasteiger partial charge is 0.469 e. The molecule has 1 amide bonds. The van der Waals surface area contributed by atoms with Gasteiger partial charge in [0, 0.05) is 61.5 Å². The number of methoxy groups -OCH3 is 1. The Hall–Kier alpha value is -4.12. The van der Waals surface area contributed by atoms with Crippen LogP contribution in [0.15, 0.2) is 78.9 Å². The number of sulfonamides is 1. The summed E-state index contributed by atoms with van der Waals surface area (Å²) >= 11 is 0. The Balaban J connectivity index is 1.56. The average Bonchev–Trinajstić information content (AvgIpc) is 3.06. The lowest BCUT2D eigenvalue weighted by atomic mass is 9.94. The number of amides is 1. The van der Waals surface area contributed by atoms with Crippen molar-refractivity contribution in [2.45, 2.75) is 33.2 Å². The quantitative estimate of drug-likeness (QED) is 0.209. The van der Waals surface area contributed by atoms with Crippen LogP contribution < -0.4 is 4.90 Å². The number of carbonyl (C=O) groups is 2. The van der Waals surface area contributed by atoms with Gasteiger partial charge in [0.05, 0.1) is 36.1 Å². The third-order valence-corrected chi connectivity index (χ3v) is 10.1. The molecule has 0 spiro atoms. The fourth-order valence-electron chi connectivity index (χ4n) is 5.87.